The number of hydrogen-bond acceptors (Lipinski definition) is 2. The van der Waals surface area contributed by atoms with Gasteiger partial charge < -0.3 is 10.2 Å². The van der Waals surface area contributed by atoms with Crippen LogP contribution in [0.1, 0.15) is 45.1 Å². The van der Waals surface area contributed by atoms with Crippen LogP contribution in [-0.4, -0.2) is 19.6 Å². The van der Waals surface area contributed by atoms with Crippen LogP contribution >= 0.6 is 11.6 Å². The Morgan fingerprint density at radius 3 is 2.95 bits per heavy atom. The first kappa shape index (κ1) is 15.7. The number of anilines is 1. The number of halogens is 1. The lowest BCUT2D eigenvalue weighted by molar-refractivity contribution is 0.404. The van der Waals surface area contributed by atoms with Crippen LogP contribution in [0.2, 0.25) is 5.02 Å². The van der Waals surface area contributed by atoms with Crippen molar-refractivity contribution >= 4 is 17.3 Å². The van der Waals surface area contributed by atoms with E-state index in [-0.39, 0.29) is 0 Å². The summed E-state index contributed by atoms with van der Waals surface area (Å²) in [5, 5.41) is 4.40. The van der Waals surface area contributed by atoms with Gasteiger partial charge in [0.1, 0.15) is 0 Å². The van der Waals surface area contributed by atoms with Gasteiger partial charge in [-0.05, 0) is 43.4 Å². The standard InChI is InChI=1S/C17H27ClN2/c1-3-10-19-12-15-8-5-9-16(18)17(15)20-11-6-7-14(4-2)13-20/h5,8-9,14,19H,3-4,6-7,10-13H2,1-2H3. The fraction of sp³-hybridized carbons (Fsp3) is 0.647. The van der Waals surface area contributed by atoms with Gasteiger partial charge in [-0.3, -0.25) is 0 Å². The molecular formula is C17H27ClN2. The maximum atomic E-state index is 6.50. The predicted molar refractivity (Wildman–Crippen MR) is 88.7 cm³/mol. The molecule has 2 rings (SSSR count). The molecule has 0 aliphatic carbocycles. The molecule has 1 unspecified atom stereocenters. The molecule has 1 aliphatic rings. The lowest BCUT2D eigenvalue weighted by atomic mass is 9.94. The van der Waals surface area contributed by atoms with Crippen molar-refractivity contribution in [2.75, 3.05) is 24.5 Å². The summed E-state index contributed by atoms with van der Waals surface area (Å²) in [5.41, 5.74) is 2.60. The monoisotopic (exact) mass is 294 g/mol. The maximum Gasteiger partial charge on any atom is 0.0642 e. The Morgan fingerprint density at radius 1 is 1.35 bits per heavy atom. The van der Waals surface area contributed by atoms with E-state index in [1.807, 2.05) is 6.07 Å². The SMILES string of the molecule is CCCNCc1cccc(Cl)c1N1CCCC(CC)C1. The lowest BCUT2D eigenvalue weighted by Gasteiger charge is -2.36. The number of piperidine rings is 1. The van der Waals surface area contributed by atoms with Crippen molar-refractivity contribution in [1.82, 2.24) is 5.32 Å². The summed E-state index contributed by atoms with van der Waals surface area (Å²) in [5.74, 6) is 0.816. The molecule has 1 atom stereocenters. The van der Waals surface area contributed by atoms with Gasteiger partial charge in [0.2, 0.25) is 0 Å². The molecule has 0 aromatic heterocycles. The van der Waals surface area contributed by atoms with Crippen molar-refractivity contribution in [3.63, 3.8) is 0 Å². The van der Waals surface area contributed by atoms with Gasteiger partial charge in [-0.25, -0.2) is 0 Å². The van der Waals surface area contributed by atoms with Crippen molar-refractivity contribution < 1.29 is 0 Å². The molecule has 1 N–H and O–H groups in total. The third kappa shape index (κ3) is 3.89. The molecule has 1 heterocycles. The molecule has 0 bridgehead atoms. The second-order valence-electron chi connectivity index (χ2n) is 5.79. The summed E-state index contributed by atoms with van der Waals surface area (Å²) in [6, 6.07) is 6.30. The van der Waals surface area contributed by atoms with Crippen molar-refractivity contribution in [2.24, 2.45) is 5.92 Å². The predicted octanol–water partition coefficient (Wildman–Crippen LogP) is 4.47. The topological polar surface area (TPSA) is 15.3 Å². The molecule has 0 radical (unpaired) electrons. The van der Waals surface area contributed by atoms with E-state index < -0.39 is 0 Å². The summed E-state index contributed by atoms with van der Waals surface area (Å²) in [4.78, 5) is 2.50. The number of para-hydroxylation sites is 1. The van der Waals surface area contributed by atoms with Crippen LogP contribution in [0, 0.1) is 5.92 Å². The Bertz CT molecular complexity index is 419. The van der Waals surface area contributed by atoms with E-state index in [4.69, 9.17) is 11.6 Å². The summed E-state index contributed by atoms with van der Waals surface area (Å²) in [7, 11) is 0. The summed E-state index contributed by atoms with van der Waals surface area (Å²) in [6.07, 6.45) is 5.08. The van der Waals surface area contributed by atoms with Crippen LogP contribution in [0.15, 0.2) is 18.2 Å². The zero-order chi connectivity index (χ0) is 14.4. The van der Waals surface area contributed by atoms with Crippen molar-refractivity contribution in [3.8, 4) is 0 Å². The van der Waals surface area contributed by atoms with Gasteiger partial charge in [-0.15, -0.1) is 0 Å². The molecule has 3 heteroatoms. The van der Waals surface area contributed by atoms with Crippen molar-refractivity contribution in [1.29, 1.82) is 0 Å². The largest absolute Gasteiger partial charge is 0.370 e. The third-order valence-electron chi connectivity index (χ3n) is 4.23. The van der Waals surface area contributed by atoms with E-state index in [0.717, 1.165) is 43.5 Å². The molecule has 112 valence electrons. The highest BCUT2D eigenvalue weighted by atomic mass is 35.5. The van der Waals surface area contributed by atoms with Gasteiger partial charge in [0.05, 0.1) is 10.7 Å². The number of rotatable bonds is 6. The molecular weight excluding hydrogens is 268 g/mol. The van der Waals surface area contributed by atoms with Crippen LogP contribution in [0.3, 0.4) is 0 Å². The molecule has 0 spiro atoms. The smallest absolute Gasteiger partial charge is 0.0642 e. The van der Waals surface area contributed by atoms with Gasteiger partial charge in [-0.2, -0.15) is 0 Å². The number of nitrogens with zero attached hydrogens (tertiary/aromatic N) is 1. The third-order valence-corrected chi connectivity index (χ3v) is 4.53. The van der Waals surface area contributed by atoms with E-state index in [9.17, 15) is 0 Å². The number of hydrogen-bond donors (Lipinski definition) is 1. The molecule has 2 nitrogen and oxygen atoms in total. The Labute approximate surface area is 128 Å². The normalized spacial score (nSPS) is 19.4. The van der Waals surface area contributed by atoms with E-state index in [1.165, 1.54) is 30.5 Å². The fourth-order valence-corrected chi connectivity index (χ4v) is 3.37. The average molecular weight is 295 g/mol. The first-order valence-corrected chi connectivity index (χ1v) is 8.37. The average Bonchev–Trinajstić information content (AvgIpc) is 2.48. The minimum Gasteiger partial charge on any atom is -0.370 e. The zero-order valence-corrected chi connectivity index (χ0v) is 13.5. The van der Waals surface area contributed by atoms with Crippen LogP contribution in [0.4, 0.5) is 5.69 Å². The summed E-state index contributed by atoms with van der Waals surface area (Å²) >= 11 is 6.50. The highest BCUT2D eigenvalue weighted by Gasteiger charge is 2.22. The molecule has 20 heavy (non-hydrogen) atoms. The highest BCUT2D eigenvalue weighted by molar-refractivity contribution is 6.33. The summed E-state index contributed by atoms with van der Waals surface area (Å²) in [6.45, 7) is 8.76. The number of nitrogens with one attached hydrogen (secondary N) is 1. The van der Waals surface area contributed by atoms with Crippen LogP contribution < -0.4 is 10.2 Å². The minimum absolute atomic E-state index is 0.816. The lowest BCUT2D eigenvalue weighted by Crippen LogP contribution is -2.36. The van der Waals surface area contributed by atoms with Crippen molar-refractivity contribution in [2.45, 2.75) is 46.1 Å². The van der Waals surface area contributed by atoms with Gasteiger partial charge in [0, 0.05) is 19.6 Å². The molecule has 1 fully saturated rings. The van der Waals surface area contributed by atoms with E-state index >= 15 is 0 Å². The Hall–Kier alpha value is -0.730. The molecule has 0 amide bonds. The molecule has 1 aromatic rings. The fourth-order valence-electron chi connectivity index (χ4n) is 3.06. The Balaban J connectivity index is 2.15. The second kappa shape index (κ2) is 7.90. The van der Waals surface area contributed by atoms with E-state index in [0.29, 0.717) is 0 Å². The van der Waals surface area contributed by atoms with E-state index in [1.54, 1.807) is 0 Å². The zero-order valence-electron chi connectivity index (χ0n) is 12.8. The van der Waals surface area contributed by atoms with Crippen molar-refractivity contribution in [3.05, 3.63) is 28.8 Å². The Morgan fingerprint density at radius 2 is 2.20 bits per heavy atom. The second-order valence-corrected chi connectivity index (χ2v) is 6.19. The Kier molecular flexibility index (Phi) is 6.18. The maximum absolute atomic E-state index is 6.50. The quantitative estimate of drug-likeness (QED) is 0.779. The van der Waals surface area contributed by atoms with Gasteiger partial charge in [0.15, 0.2) is 0 Å². The van der Waals surface area contributed by atoms with Gasteiger partial charge >= 0.3 is 0 Å². The molecule has 1 aromatic carbocycles. The van der Waals surface area contributed by atoms with Gasteiger partial charge in [0.25, 0.3) is 0 Å². The summed E-state index contributed by atoms with van der Waals surface area (Å²) < 4.78 is 0. The van der Waals surface area contributed by atoms with Crippen LogP contribution in [-0.2, 0) is 6.54 Å². The molecule has 1 saturated heterocycles. The number of benzene rings is 1. The molecule has 0 saturated carbocycles. The van der Waals surface area contributed by atoms with Crippen LogP contribution in [0.5, 0.6) is 0 Å². The first-order chi connectivity index (χ1) is 9.76. The van der Waals surface area contributed by atoms with Crippen LogP contribution in [0.25, 0.3) is 0 Å². The highest BCUT2D eigenvalue weighted by Crippen LogP contribution is 2.33. The van der Waals surface area contributed by atoms with Gasteiger partial charge in [-0.1, -0.05) is 44.0 Å². The van der Waals surface area contributed by atoms with E-state index in [2.05, 4.69) is 36.2 Å². The first-order valence-electron chi connectivity index (χ1n) is 7.99. The minimum atomic E-state index is 0.816. The molecule has 1 aliphatic heterocycles.